The van der Waals surface area contributed by atoms with Gasteiger partial charge in [-0.15, -0.1) is 0 Å². The molecule has 4 aliphatic rings. The van der Waals surface area contributed by atoms with Crippen molar-refractivity contribution in [2.24, 2.45) is 0 Å². The molecule has 12 aromatic carbocycles. The maximum atomic E-state index is 14.9. The van der Waals surface area contributed by atoms with Crippen molar-refractivity contribution in [2.45, 2.75) is 139 Å². The monoisotopic (exact) mass is 1630 g/mol. The van der Waals surface area contributed by atoms with Crippen molar-refractivity contribution in [1.82, 2.24) is 0 Å². The van der Waals surface area contributed by atoms with Crippen molar-refractivity contribution in [1.29, 1.82) is 0 Å². The van der Waals surface area contributed by atoms with Crippen molar-refractivity contribution in [2.75, 3.05) is 7.11 Å². The van der Waals surface area contributed by atoms with Crippen LogP contribution in [0, 0.1) is 89.0 Å². The Balaban J connectivity index is 0.000000180. The molecule has 0 bridgehead atoms. The van der Waals surface area contributed by atoms with E-state index in [2.05, 4.69) is 0 Å². The number of ether oxygens (including phenoxy) is 5. The molecule has 0 atom stereocenters. The fourth-order valence-electron chi connectivity index (χ4n) is 15.5. The molecule has 16 rings (SSSR count). The molecular weight excluding hydrogens is 1520 g/mol. The third-order valence-electron chi connectivity index (χ3n) is 20.8. The lowest BCUT2D eigenvalue weighted by molar-refractivity contribution is 0.413. The van der Waals surface area contributed by atoms with Crippen LogP contribution in [0.1, 0.15) is 179 Å². The van der Waals surface area contributed by atoms with Gasteiger partial charge in [0.05, 0.1) is 7.11 Å². The second kappa shape index (κ2) is 41.1. The number of para-hydroxylation sites is 1. The first-order chi connectivity index (χ1) is 56.2. The van der Waals surface area contributed by atoms with Gasteiger partial charge in [0.25, 0.3) is 0 Å². The number of halogens is 9. The predicted molar refractivity (Wildman–Crippen MR) is 473 cm³/mol. The van der Waals surface area contributed by atoms with E-state index in [0.717, 1.165) is 71.9 Å². The third kappa shape index (κ3) is 19.1. The van der Waals surface area contributed by atoms with Crippen molar-refractivity contribution in [3.63, 3.8) is 0 Å². The lowest BCUT2D eigenvalue weighted by atomic mass is 9.89. The van der Waals surface area contributed by atoms with Gasteiger partial charge in [0.1, 0.15) is 104 Å². The van der Waals surface area contributed by atoms with Crippen molar-refractivity contribution in [3.8, 4) is 51.7 Å². The van der Waals surface area contributed by atoms with E-state index in [1.165, 1.54) is 54.6 Å². The molecule has 0 aromatic heterocycles. The highest BCUT2D eigenvalue weighted by Crippen LogP contribution is 2.44. The van der Waals surface area contributed by atoms with Gasteiger partial charge in [-0.1, -0.05) is 196 Å². The minimum atomic E-state index is -0.455. The summed E-state index contributed by atoms with van der Waals surface area (Å²) in [5.41, 5.74) is 11.5. The largest absolute Gasteiger partial charge is 0.496 e. The maximum absolute atomic E-state index is 14.9. The third-order valence-corrected chi connectivity index (χ3v) is 20.8. The van der Waals surface area contributed by atoms with Gasteiger partial charge in [0.2, 0.25) is 0 Å². The summed E-state index contributed by atoms with van der Waals surface area (Å²) < 4.78 is 163. The molecule has 4 heterocycles. The first kappa shape index (κ1) is 91.9. The molecule has 624 valence electrons. The highest BCUT2D eigenvalue weighted by molar-refractivity contribution is 5.90. The Morgan fingerprint density at radius 3 is 0.875 bits per heavy atom. The van der Waals surface area contributed by atoms with Gasteiger partial charge in [0, 0.05) is 97.4 Å². The summed E-state index contributed by atoms with van der Waals surface area (Å²) in [4.78, 5) is 0. The van der Waals surface area contributed by atoms with Crippen LogP contribution in [-0.4, -0.2) is 7.11 Å². The van der Waals surface area contributed by atoms with Gasteiger partial charge < -0.3 is 53.4 Å². The fraction of sp³-hybridized carbons (Fsp3) is 0.208. The van der Waals surface area contributed by atoms with E-state index in [-0.39, 0.29) is 76.0 Å². The molecule has 120 heavy (non-hydrogen) atoms. The van der Waals surface area contributed by atoms with Crippen LogP contribution in [0.3, 0.4) is 0 Å². The molecule has 0 radical (unpaired) electrons. The Morgan fingerprint density at radius 1 is 0.267 bits per heavy atom. The van der Waals surface area contributed by atoms with E-state index in [0.29, 0.717) is 188 Å². The normalized spacial score (nSPS) is 12.7. The van der Waals surface area contributed by atoms with E-state index in [9.17, 15) is 39.5 Å². The molecule has 0 fully saturated rings. The molecule has 0 saturated carbocycles. The summed E-state index contributed by atoms with van der Waals surface area (Å²) in [6, 6.07) is 56.9. The molecule has 0 saturated heterocycles. The van der Waals surface area contributed by atoms with Crippen LogP contribution < -0.4 is 65.4 Å². The Morgan fingerprint density at radius 2 is 0.550 bits per heavy atom. The van der Waals surface area contributed by atoms with Crippen molar-refractivity contribution < 1.29 is 63.2 Å². The predicted octanol–water partition coefficient (Wildman–Crippen LogP) is 24.1. The lowest BCUT2D eigenvalue weighted by Crippen LogP contribution is -2.23. The molecular formula is C106H103F9O5-4. The van der Waals surface area contributed by atoms with Crippen molar-refractivity contribution in [3.05, 3.63) is 396 Å². The number of aryl methyl sites for hydroxylation is 5. The average molecular weight is 1630 g/mol. The molecule has 0 aliphatic carbocycles. The number of fused-ring (bicyclic) bond motifs is 8. The molecule has 0 spiro atoms. The van der Waals surface area contributed by atoms with Crippen LogP contribution in [0.5, 0.6) is 51.7 Å². The number of methoxy groups -OCH3 is 1. The smallest absolute Gasteiger partial charge is 0.136 e. The van der Waals surface area contributed by atoms with Gasteiger partial charge in [-0.3, -0.25) is 0 Å². The zero-order valence-electron chi connectivity index (χ0n) is 70.8. The standard InChI is InChI=1S/C26H24F2O2.C26H24F2O.C25H21F3O.C25H22F2O.4CH3/c1-4-8-16-12-24-19(14-21(16)27)26(18-10-6-7-11-23(18)29-3)20-15-22(28)17(9-5-2)13-25(20)30-24;1-4-8-17-12-24-20(14-22(17)27)26(19-11-7-6-10-16(19)3)21-15-23(28)18(9-5-2)13-25(21)29-24;1-3-7-15-11-23-18(13-21(15)27)25(17-9-5-6-10-20(17)26)19-14-22(28)16(8-4-2)12-24(19)29-23;1-3-8-17-12-23-19(14-21(17)26)25(16-10-6-5-7-11-16)20-15-22(27)18(9-4-2)13-24(20)28-23;;;;/h6-8,10-15H,4-5,9H2,1-3H3;6-8,10-15H,4-5,9H2,1-3H3;5-7,9-14H,3-4,8H2,1-2H3;5-8,10-15H,3-4,9H2,1-2H3;4*1H3/q;;;;4*-1/b16-8-;17-8-;15-7-;17-8-;;;;. The van der Waals surface area contributed by atoms with E-state index < -0.39 is 11.6 Å². The number of rotatable bonds is 17. The van der Waals surface area contributed by atoms with E-state index in [4.69, 9.17) is 23.7 Å². The van der Waals surface area contributed by atoms with Gasteiger partial charge in [-0.2, -0.15) is 0 Å². The quantitative estimate of drug-likeness (QED) is 0.0672. The molecule has 4 aliphatic heterocycles. The molecule has 14 heteroatoms. The zero-order chi connectivity index (χ0) is 82.0. The van der Waals surface area contributed by atoms with Crippen molar-refractivity contribution >= 4 is 46.6 Å². The molecule has 12 aromatic rings. The summed E-state index contributed by atoms with van der Waals surface area (Å²) in [6.45, 7) is 17.9. The Kier molecular flexibility index (Phi) is 31.5. The maximum Gasteiger partial charge on any atom is 0.136 e. The van der Waals surface area contributed by atoms with Crippen LogP contribution in [0.4, 0.5) is 39.5 Å². The first-order valence-corrected chi connectivity index (χ1v) is 39.9. The summed E-state index contributed by atoms with van der Waals surface area (Å²) in [6.07, 6.45) is 15.9. The molecule has 5 nitrogen and oxygen atoms in total. The van der Waals surface area contributed by atoms with Crippen LogP contribution in [0.2, 0.25) is 0 Å². The fourth-order valence-corrected chi connectivity index (χ4v) is 15.5. The second-order valence-electron chi connectivity index (χ2n) is 29.0. The van der Waals surface area contributed by atoms with Crippen LogP contribution >= 0.6 is 0 Å². The van der Waals surface area contributed by atoms with E-state index in [1.807, 2.05) is 159 Å². The first-order valence-electron chi connectivity index (χ1n) is 39.9. The summed E-state index contributed by atoms with van der Waals surface area (Å²) >= 11 is 0. The number of hydrogen-bond donors (Lipinski definition) is 0. The van der Waals surface area contributed by atoms with Gasteiger partial charge in [-0.05, 0) is 206 Å². The lowest BCUT2D eigenvalue weighted by Gasteiger charge is -2.23. The van der Waals surface area contributed by atoms with Crippen LogP contribution in [0.25, 0.3) is 46.6 Å². The van der Waals surface area contributed by atoms with Crippen LogP contribution in [-0.2, 0) is 25.7 Å². The zero-order valence-corrected chi connectivity index (χ0v) is 70.8. The highest BCUT2D eigenvalue weighted by Gasteiger charge is 2.30. The Labute approximate surface area is 700 Å². The minimum Gasteiger partial charge on any atom is -0.496 e. The van der Waals surface area contributed by atoms with Gasteiger partial charge in [-0.25, -0.2) is 39.5 Å². The molecule has 0 unspecified atom stereocenters. The minimum absolute atomic E-state index is 0. The highest BCUT2D eigenvalue weighted by atomic mass is 19.2. The topological polar surface area (TPSA) is 46.2 Å². The average Bonchev–Trinajstić information content (AvgIpc) is 0.839. The van der Waals surface area contributed by atoms with Gasteiger partial charge in [0.15, 0.2) is 0 Å². The Bertz CT molecular complexity index is 6140. The van der Waals surface area contributed by atoms with E-state index >= 15 is 0 Å². The number of benzene rings is 12. The second-order valence-corrected chi connectivity index (χ2v) is 29.0. The molecule has 0 amide bonds. The summed E-state index contributed by atoms with van der Waals surface area (Å²) in [7, 11) is 1.59. The SMILES string of the molecule is CC/C=c1/cc2c(cc1F)=C(c1ccccc1)c1cc(F)c(CCC)cc1O2.CC/C=c1/cc2c(cc1F)=C(c1ccccc1C)c1cc(F)c(CCC)cc1O2.CC/C=c1/cc2c(cc1F)=C(c1ccccc1F)c1cc(F)c(CCC)cc1O2.CC/C=c1/cc2c(cc1F)=C(c1ccccc1OC)c1cc(F)c(CCC)cc1O2.[CH3-].[CH3-].[CH3-].[CH3-]. The Hall–Kier alpha value is -12.0. The van der Waals surface area contributed by atoms with Gasteiger partial charge >= 0.3 is 0 Å². The summed E-state index contributed by atoms with van der Waals surface area (Å²) in [5, 5.41) is 4.26. The number of hydrogen-bond acceptors (Lipinski definition) is 5. The van der Waals surface area contributed by atoms with Crippen LogP contribution in [0.15, 0.2) is 200 Å². The summed E-state index contributed by atoms with van der Waals surface area (Å²) in [5.74, 6) is 2.11. The van der Waals surface area contributed by atoms with E-state index in [1.54, 1.807) is 79.9 Å². The molecule has 0 N–H and O–H groups in total.